The van der Waals surface area contributed by atoms with E-state index in [1.54, 1.807) is 18.2 Å². The minimum Gasteiger partial charge on any atom is -0.378 e. The van der Waals surface area contributed by atoms with Gasteiger partial charge in [-0.05, 0) is 29.3 Å². The molecule has 5 nitrogen and oxygen atoms in total. The molecule has 2 amide bonds. The lowest BCUT2D eigenvalue weighted by atomic mass is 10.0. The summed E-state index contributed by atoms with van der Waals surface area (Å²) in [5.74, 6) is -1.17. The summed E-state index contributed by atoms with van der Waals surface area (Å²) in [5, 5.41) is 0.492. The molecule has 0 aromatic heterocycles. The second-order valence-electron chi connectivity index (χ2n) is 6.62. The lowest BCUT2D eigenvalue weighted by molar-refractivity contribution is -0.138. The number of morpholine rings is 1. The van der Waals surface area contributed by atoms with Crippen LogP contribution < -0.4 is 0 Å². The quantitative estimate of drug-likeness (QED) is 0.740. The fourth-order valence-corrected chi connectivity index (χ4v) is 3.66. The van der Waals surface area contributed by atoms with Crippen molar-refractivity contribution in [1.82, 2.24) is 9.80 Å². The first-order valence-corrected chi connectivity index (χ1v) is 9.36. The second-order valence-corrected chi connectivity index (χ2v) is 7.02. The zero-order valence-electron chi connectivity index (χ0n) is 15.0. The molecule has 4 rings (SSSR count). The fraction of sp³-hybridized carbons (Fsp3) is 0.238. The number of amides is 2. The molecule has 0 spiro atoms. The van der Waals surface area contributed by atoms with Crippen molar-refractivity contribution in [3.8, 4) is 0 Å². The van der Waals surface area contributed by atoms with Crippen LogP contribution in [0.25, 0.3) is 5.57 Å². The molecule has 0 aliphatic carbocycles. The van der Waals surface area contributed by atoms with E-state index in [1.165, 1.54) is 29.2 Å². The topological polar surface area (TPSA) is 49.9 Å². The third kappa shape index (κ3) is 3.41. The minimum atomic E-state index is -0.405. The van der Waals surface area contributed by atoms with Crippen LogP contribution in [0.2, 0.25) is 5.02 Å². The number of imide groups is 1. The second kappa shape index (κ2) is 7.73. The molecule has 2 aromatic carbocycles. The Morgan fingerprint density at radius 3 is 2.32 bits per heavy atom. The van der Waals surface area contributed by atoms with Crippen LogP contribution in [0.15, 0.2) is 54.2 Å². The van der Waals surface area contributed by atoms with Gasteiger partial charge in [-0.15, -0.1) is 0 Å². The van der Waals surface area contributed by atoms with Crippen LogP contribution in [-0.4, -0.2) is 47.9 Å². The fourth-order valence-electron chi connectivity index (χ4n) is 3.46. The molecule has 0 bridgehead atoms. The van der Waals surface area contributed by atoms with Gasteiger partial charge in [-0.2, -0.15) is 0 Å². The van der Waals surface area contributed by atoms with Gasteiger partial charge in [0.1, 0.15) is 11.5 Å². The Bertz CT molecular complexity index is 952. The predicted octanol–water partition coefficient (Wildman–Crippen LogP) is 3.09. The average Bonchev–Trinajstić information content (AvgIpc) is 2.95. The van der Waals surface area contributed by atoms with E-state index in [2.05, 4.69) is 0 Å². The van der Waals surface area contributed by atoms with Gasteiger partial charge in [0.2, 0.25) is 0 Å². The number of hydrogen-bond donors (Lipinski definition) is 0. The van der Waals surface area contributed by atoms with Crippen molar-refractivity contribution in [2.75, 3.05) is 26.3 Å². The van der Waals surface area contributed by atoms with Gasteiger partial charge in [0, 0.05) is 18.1 Å². The minimum absolute atomic E-state index is 0.0792. The van der Waals surface area contributed by atoms with Crippen molar-refractivity contribution < 1.29 is 18.7 Å². The molecule has 0 saturated carbocycles. The average molecular weight is 401 g/mol. The molecule has 2 aliphatic rings. The first-order valence-electron chi connectivity index (χ1n) is 8.99. The summed E-state index contributed by atoms with van der Waals surface area (Å²) in [6.07, 6.45) is 0. The Hall–Kier alpha value is -2.70. The van der Waals surface area contributed by atoms with Crippen LogP contribution >= 0.6 is 11.6 Å². The van der Waals surface area contributed by atoms with Gasteiger partial charge in [-0.3, -0.25) is 14.5 Å². The van der Waals surface area contributed by atoms with E-state index in [4.69, 9.17) is 16.3 Å². The number of carbonyl (C=O) groups is 2. The highest BCUT2D eigenvalue weighted by Gasteiger charge is 2.42. The molecule has 0 N–H and O–H groups in total. The number of nitrogens with zero attached hydrogens (tertiary/aromatic N) is 2. The Kier molecular flexibility index (Phi) is 5.15. The molecule has 144 valence electrons. The maximum atomic E-state index is 13.4. The maximum absolute atomic E-state index is 13.4. The van der Waals surface area contributed by atoms with Crippen molar-refractivity contribution in [3.63, 3.8) is 0 Å². The van der Waals surface area contributed by atoms with Gasteiger partial charge in [0.25, 0.3) is 11.8 Å². The Labute approximate surface area is 166 Å². The number of halogens is 2. The van der Waals surface area contributed by atoms with Crippen molar-refractivity contribution in [2.45, 2.75) is 6.54 Å². The molecule has 0 atom stereocenters. The lowest BCUT2D eigenvalue weighted by Crippen LogP contribution is -2.40. The Balaban J connectivity index is 1.74. The third-order valence-corrected chi connectivity index (χ3v) is 5.26. The zero-order valence-corrected chi connectivity index (χ0v) is 15.8. The van der Waals surface area contributed by atoms with Gasteiger partial charge < -0.3 is 9.64 Å². The molecule has 2 aromatic rings. The SMILES string of the molecule is O=C1C(c2ccc(F)cc2)=C(N2CCOCC2)C(=O)N1Cc1ccccc1Cl. The summed E-state index contributed by atoms with van der Waals surface area (Å²) in [6, 6.07) is 12.7. The van der Waals surface area contributed by atoms with Gasteiger partial charge >= 0.3 is 0 Å². The van der Waals surface area contributed by atoms with Crippen LogP contribution in [0.3, 0.4) is 0 Å². The van der Waals surface area contributed by atoms with E-state index in [1.807, 2.05) is 11.0 Å². The van der Waals surface area contributed by atoms with Crippen LogP contribution in [0.5, 0.6) is 0 Å². The van der Waals surface area contributed by atoms with Gasteiger partial charge in [0.05, 0.1) is 25.3 Å². The summed E-state index contributed by atoms with van der Waals surface area (Å²) < 4.78 is 18.8. The standard InChI is InChI=1S/C21H18ClFN2O3/c22-17-4-2-1-3-15(17)13-25-20(26)18(14-5-7-16(23)8-6-14)19(21(25)27)24-9-11-28-12-10-24/h1-8H,9-13H2. The van der Waals surface area contributed by atoms with Gasteiger partial charge in [0.15, 0.2) is 0 Å². The lowest BCUT2D eigenvalue weighted by Gasteiger charge is -2.29. The Morgan fingerprint density at radius 2 is 1.64 bits per heavy atom. The summed E-state index contributed by atoms with van der Waals surface area (Å²) in [7, 11) is 0. The Morgan fingerprint density at radius 1 is 0.964 bits per heavy atom. The van der Waals surface area contributed by atoms with Gasteiger partial charge in [-0.1, -0.05) is 41.9 Å². The van der Waals surface area contributed by atoms with Gasteiger partial charge in [-0.25, -0.2) is 4.39 Å². The summed E-state index contributed by atoms with van der Waals surface area (Å²) in [6.45, 7) is 2.06. The van der Waals surface area contributed by atoms with Crippen LogP contribution in [0, 0.1) is 5.82 Å². The summed E-state index contributed by atoms with van der Waals surface area (Å²) >= 11 is 6.22. The van der Waals surface area contributed by atoms with E-state index in [0.29, 0.717) is 53.7 Å². The number of carbonyl (C=O) groups excluding carboxylic acids is 2. The normalized spacial score (nSPS) is 17.6. The molecule has 0 radical (unpaired) electrons. The largest absolute Gasteiger partial charge is 0.378 e. The van der Waals surface area contributed by atoms with Crippen LogP contribution in [-0.2, 0) is 20.9 Å². The molecule has 28 heavy (non-hydrogen) atoms. The first kappa shape index (κ1) is 18.7. The zero-order chi connectivity index (χ0) is 19.7. The molecular weight excluding hydrogens is 383 g/mol. The van der Waals surface area contributed by atoms with Crippen molar-refractivity contribution in [1.29, 1.82) is 0 Å². The maximum Gasteiger partial charge on any atom is 0.278 e. The van der Waals surface area contributed by atoms with E-state index in [-0.39, 0.29) is 12.5 Å². The third-order valence-electron chi connectivity index (χ3n) is 4.89. The van der Waals surface area contributed by atoms with E-state index in [9.17, 15) is 14.0 Å². The smallest absolute Gasteiger partial charge is 0.278 e. The van der Waals surface area contributed by atoms with Crippen LogP contribution in [0.4, 0.5) is 4.39 Å². The highest BCUT2D eigenvalue weighted by atomic mass is 35.5. The predicted molar refractivity (Wildman–Crippen MR) is 103 cm³/mol. The molecule has 7 heteroatoms. The number of hydrogen-bond acceptors (Lipinski definition) is 4. The van der Waals surface area contributed by atoms with E-state index in [0.717, 1.165) is 0 Å². The number of rotatable bonds is 4. The van der Waals surface area contributed by atoms with E-state index < -0.39 is 11.7 Å². The van der Waals surface area contributed by atoms with Crippen molar-refractivity contribution >= 4 is 29.0 Å². The molecule has 2 aliphatic heterocycles. The molecule has 2 heterocycles. The summed E-state index contributed by atoms with van der Waals surface area (Å²) in [4.78, 5) is 29.5. The molecule has 0 unspecified atom stereocenters. The number of benzene rings is 2. The molecule has 1 saturated heterocycles. The monoisotopic (exact) mass is 400 g/mol. The highest BCUT2D eigenvalue weighted by Crippen LogP contribution is 2.33. The first-order chi connectivity index (χ1) is 13.6. The van der Waals surface area contributed by atoms with Crippen molar-refractivity contribution in [3.05, 3.63) is 76.2 Å². The van der Waals surface area contributed by atoms with Crippen LogP contribution in [0.1, 0.15) is 11.1 Å². The molecular formula is C21H18ClFN2O3. The number of ether oxygens (including phenoxy) is 1. The van der Waals surface area contributed by atoms with Crippen molar-refractivity contribution in [2.24, 2.45) is 0 Å². The van der Waals surface area contributed by atoms with E-state index >= 15 is 0 Å². The summed E-state index contributed by atoms with van der Waals surface area (Å²) in [5.41, 5.74) is 1.83. The molecule has 1 fully saturated rings. The highest BCUT2D eigenvalue weighted by molar-refractivity contribution is 6.35.